The molecule has 5 nitrogen and oxygen atoms in total. The van der Waals surface area contributed by atoms with E-state index in [9.17, 15) is 0 Å². The molecule has 2 aromatic carbocycles. The van der Waals surface area contributed by atoms with E-state index in [1.807, 2.05) is 48.5 Å². The van der Waals surface area contributed by atoms with E-state index < -0.39 is 0 Å². The second-order valence-electron chi connectivity index (χ2n) is 5.92. The minimum absolute atomic E-state index is 0.265. The molecule has 0 unspecified atom stereocenters. The number of rotatable bonds is 3. The highest BCUT2D eigenvalue weighted by molar-refractivity contribution is 5.78. The summed E-state index contributed by atoms with van der Waals surface area (Å²) in [5.74, 6) is 2.40. The maximum absolute atomic E-state index is 5.52. The van der Waals surface area contributed by atoms with Gasteiger partial charge in [-0.1, -0.05) is 30.3 Å². The molecule has 0 saturated heterocycles. The monoisotopic (exact) mass is 329 g/mol. The number of imidazole rings is 1. The lowest BCUT2D eigenvalue weighted by Crippen LogP contribution is -2.03. The molecule has 0 fully saturated rings. The highest BCUT2D eigenvalue weighted by Gasteiger charge is 2.18. The van der Waals surface area contributed by atoms with Gasteiger partial charge in [0.15, 0.2) is 17.1 Å². The average molecular weight is 329 g/mol. The summed E-state index contributed by atoms with van der Waals surface area (Å²) in [5, 5.41) is 0. The van der Waals surface area contributed by atoms with Crippen LogP contribution in [0.4, 0.5) is 0 Å². The molecule has 0 saturated carbocycles. The molecule has 0 radical (unpaired) electrons. The van der Waals surface area contributed by atoms with Crippen molar-refractivity contribution in [3.8, 4) is 22.9 Å². The van der Waals surface area contributed by atoms with Gasteiger partial charge in [0.2, 0.25) is 6.79 Å². The van der Waals surface area contributed by atoms with Crippen molar-refractivity contribution in [2.45, 2.75) is 6.54 Å². The summed E-state index contributed by atoms with van der Waals surface area (Å²) in [5.41, 5.74) is 3.94. The van der Waals surface area contributed by atoms with Crippen molar-refractivity contribution in [2.75, 3.05) is 6.79 Å². The Morgan fingerprint density at radius 1 is 0.920 bits per heavy atom. The molecule has 3 heterocycles. The number of hydrogen-bond donors (Lipinski definition) is 0. The SMILES string of the molecule is c1ccc(Cn2c(-c3ccc4c(c3)OCO4)nc3cccnc32)cc1. The molecule has 25 heavy (non-hydrogen) atoms. The Labute approximate surface area is 144 Å². The number of pyridine rings is 1. The van der Waals surface area contributed by atoms with Gasteiger partial charge >= 0.3 is 0 Å². The Morgan fingerprint density at radius 2 is 1.80 bits per heavy atom. The second kappa shape index (κ2) is 5.63. The number of benzene rings is 2. The van der Waals surface area contributed by atoms with Gasteiger partial charge in [-0.05, 0) is 35.9 Å². The largest absolute Gasteiger partial charge is 0.454 e. The lowest BCUT2D eigenvalue weighted by Gasteiger charge is -2.09. The van der Waals surface area contributed by atoms with E-state index in [0.717, 1.165) is 34.1 Å². The van der Waals surface area contributed by atoms with Gasteiger partial charge in [-0.25, -0.2) is 9.97 Å². The summed E-state index contributed by atoms with van der Waals surface area (Å²) in [7, 11) is 0. The van der Waals surface area contributed by atoms with Crippen molar-refractivity contribution in [3.63, 3.8) is 0 Å². The number of hydrogen-bond acceptors (Lipinski definition) is 4. The average Bonchev–Trinajstić information content (AvgIpc) is 3.27. The van der Waals surface area contributed by atoms with Crippen LogP contribution in [0, 0.1) is 0 Å². The minimum atomic E-state index is 0.265. The molecule has 1 aliphatic heterocycles. The first-order chi connectivity index (χ1) is 12.4. The summed E-state index contributed by atoms with van der Waals surface area (Å²) in [6.07, 6.45) is 1.80. The third-order valence-electron chi connectivity index (χ3n) is 4.32. The Morgan fingerprint density at radius 3 is 2.72 bits per heavy atom. The van der Waals surface area contributed by atoms with Crippen LogP contribution in [0.2, 0.25) is 0 Å². The van der Waals surface area contributed by atoms with Gasteiger partial charge in [-0.15, -0.1) is 0 Å². The molecule has 0 spiro atoms. The Balaban J connectivity index is 1.68. The molecule has 0 aliphatic carbocycles. The van der Waals surface area contributed by atoms with Gasteiger partial charge in [-0.3, -0.25) is 0 Å². The molecule has 0 amide bonds. The maximum atomic E-state index is 5.52. The number of fused-ring (bicyclic) bond motifs is 2. The van der Waals surface area contributed by atoms with Gasteiger partial charge in [0, 0.05) is 11.8 Å². The normalized spacial score (nSPS) is 12.6. The standard InChI is InChI=1S/C20H15N3O2/c1-2-5-14(6-3-1)12-23-19(22-16-7-4-10-21-20(16)23)15-8-9-17-18(11-15)25-13-24-17/h1-11H,12-13H2. The summed E-state index contributed by atoms with van der Waals surface area (Å²) in [6.45, 7) is 0.971. The van der Waals surface area contributed by atoms with E-state index in [0.29, 0.717) is 6.54 Å². The van der Waals surface area contributed by atoms with Gasteiger partial charge in [-0.2, -0.15) is 0 Å². The quantitative estimate of drug-likeness (QED) is 0.572. The first kappa shape index (κ1) is 14.0. The van der Waals surface area contributed by atoms with E-state index in [2.05, 4.69) is 21.7 Å². The number of ether oxygens (including phenoxy) is 2. The van der Waals surface area contributed by atoms with E-state index in [1.54, 1.807) is 6.20 Å². The fourth-order valence-corrected chi connectivity index (χ4v) is 3.13. The van der Waals surface area contributed by atoms with Crippen LogP contribution in [-0.4, -0.2) is 21.3 Å². The molecule has 5 rings (SSSR count). The molecule has 5 heteroatoms. The van der Waals surface area contributed by atoms with Crippen LogP contribution in [0.5, 0.6) is 11.5 Å². The number of nitrogens with zero attached hydrogens (tertiary/aromatic N) is 3. The summed E-state index contributed by atoms with van der Waals surface area (Å²) in [6, 6.07) is 20.1. The van der Waals surface area contributed by atoms with E-state index in [1.165, 1.54) is 5.56 Å². The van der Waals surface area contributed by atoms with Crippen molar-refractivity contribution >= 4 is 11.2 Å². The maximum Gasteiger partial charge on any atom is 0.231 e. The van der Waals surface area contributed by atoms with Crippen LogP contribution >= 0.6 is 0 Å². The summed E-state index contributed by atoms with van der Waals surface area (Å²) >= 11 is 0. The van der Waals surface area contributed by atoms with Crippen molar-refractivity contribution in [1.82, 2.24) is 14.5 Å². The zero-order valence-electron chi connectivity index (χ0n) is 13.4. The topological polar surface area (TPSA) is 49.2 Å². The smallest absolute Gasteiger partial charge is 0.231 e. The van der Waals surface area contributed by atoms with E-state index >= 15 is 0 Å². The van der Waals surface area contributed by atoms with Crippen LogP contribution in [0.15, 0.2) is 66.9 Å². The fraction of sp³-hybridized carbons (Fsp3) is 0.100. The second-order valence-corrected chi connectivity index (χ2v) is 5.92. The first-order valence-corrected chi connectivity index (χ1v) is 8.14. The van der Waals surface area contributed by atoms with Crippen LogP contribution < -0.4 is 9.47 Å². The zero-order chi connectivity index (χ0) is 16.6. The summed E-state index contributed by atoms with van der Waals surface area (Å²) in [4.78, 5) is 9.35. The number of aromatic nitrogens is 3. The highest BCUT2D eigenvalue weighted by Crippen LogP contribution is 2.36. The Kier molecular flexibility index (Phi) is 3.16. The third-order valence-corrected chi connectivity index (χ3v) is 4.32. The van der Waals surface area contributed by atoms with Crippen LogP contribution in [-0.2, 0) is 6.54 Å². The molecular formula is C20H15N3O2. The van der Waals surface area contributed by atoms with Gasteiger partial charge in [0.25, 0.3) is 0 Å². The van der Waals surface area contributed by atoms with Crippen LogP contribution in [0.1, 0.15) is 5.56 Å². The predicted octanol–water partition coefficient (Wildman–Crippen LogP) is 3.88. The molecule has 4 aromatic rings. The molecule has 1 aliphatic rings. The fourth-order valence-electron chi connectivity index (χ4n) is 3.13. The van der Waals surface area contributed by atoms with Crippen LogP contribution in [0.25, 0.3) is 22.6 Å². The minimum Gasteiger partial charge on any atom is -0.454 e. The Bertz CT molecular complexity index is 1060. The first-order valence-electron chi connectivity index (χ1n) is 8.14. The predicted molar refractivity (Wildman–Crippen MR) is 94.6 cm³/mol. The highest BCUT2D eigenvalue weighted by atomic mass is 16.7. The van der Waals surface area contributed by atoms with Gasteiger partial charge in [0.1, 0.15) is 11.3 Å². The van der Waals surface area contributed by atoms with Crippen molar-refractivity contribution in [2.24, 2.45) is 0 Å². The molecule has 0 bridgehead atoms. The lowest BCUT2D eigenvalue weighted by atomic mass is 10.1. The molecular weight excluding hydrogens is 314 g/mol. The molecule has 0 atom stereocenters. The summed E-state index contributed by atoms with van der Waals surface area (Å²) < 4.78 is 13.1. The molecule has 122 valence electrons. The molecule has 0 N–H and O–H groups in total. The van der Waals surface area contributed by atoms with Crippen molar-refractivity contribution in [1.29, 1.82) is 0 Å². The van der Waals surface area contributed by atoms with Crippen molar-refractivity contribution < 1.29 is 9.47 Å². The lowest BCUT2D eigenvalue weighted by molar-refractivity contribution is 0.174. The van der Waals surface area contributed by atoms with Crippen molar-refractivity contribution in [3.05, 3.63) is 72.4 Å². The zero-order valence-corrected chi connectivity index (χ0v) is 13.4. The third kappa shape index (κ3) is 2.41. The Hall–Kier alpha value is -3.34. The van der Waals surface area contributed by atoms with Gasteiger partial charge < -0.3 is 14.0 Å². The van der Waals surface area contributed by atoms with E-state index in [-0.39, 0.29) is 6.79 Å². The van der Waals surface area contributed by atoms with Crippen LogP contribution in [0.3, 0.4) is 0 Å². The van der Waals surface area contributed by atoms with Gasteiger partial charge in [0.05, 0.1) is 6.54 Å². The van der Waals surface area contributed by atoms with E-state index in [4.69, 9.17) is 14.5 Å². The molecule has 2 aromatic heterocycles.